The largest absolute Gasteiger partial charge is 0.350 e. The maximum Gasteiger partial charge on any atom is 0.228 e. The molecule has 0 aliphatic carbocycles. The first kappa shape index (κ1) is 16.6. The van der Waals surface area contributed by atoms with Crippen LogP contribution >= 0.6 is 11.3 Å². The summed E-state index contributed by atoms with van der Waals surface area (Å²) in [7, 11) is 0. The Bertz CT molecular complexity index is 715. The van der Waals surface area contributed by atoms with Crippen molar-refractivity contribution < 1.29 is 14.3 Å². The third kappa shape index (κ3) is 3.89. The maximum absolute atomic E-state index is 12.7. The molecule has 4 rings (SSSR count). The van der Waals surface area contributed by atoms with E-state index in [1.54, 1.807) is 6.20 Å². The van der Waals surface area contributed by atoms with E-state index < -0.39 is 0 Å². The zero-order valence-corrected chi connectivity index (χ0v) is 14.8. The van der Waals surface area contributed by atoms with Crippen LogP contribution in [-0.2, 0) is 20.7 Å². The molecule has 2 aromatic rings. The quantitative estimate of drug-likeness (QED) is 0.838. The maximum atomic E-state index is 12.7. The fourth-order valence-corrected chi connectivity index (χ4v) is 4.16. The Kier molecular flexibility index (Phi) is 5.05. The van der Waals surface area contributed by atoms with E-state index in [0.29, 0.717) is 26.2 Å². The SMILES string of the molecule is O=C(Cc1csc(-c2ccccn2)n1)N1CCCC(C2OCCO2)C1. The van der Waals surface area contributed by atoms with Gasteiger partial charge in [0, 0.05) is 30.6 Å². The molecule has 0 aromatic carbocycles. The number of ether oxygens (including phenoxy) is 2. The molecule has 1 amide bonds. The Labute approximate surface area is 150 Å². The first-order valence-corrected chi connectivity index (χ1v) is 9.54. The Morgan fingerprint density at radius 1 is 1.32 bits per heavy atom. The first-order chi connectivity index (χ1) is 12.3. The Morgan fingerprint density at radius 2 is 2.20 bits per heavy atom. The molecule has 2 fully saturated rings. The lowest BCUT2D eigenvalue weighted by Crippen LogP contribution is -2.44. The zero-order valence-electron chi connectivity index (χ0n) is 14.0. The van der Waals surface area contributed by atoms with Gasteiger partial charge in [-0.1, -0.05) is 6.07 Å². The lowest BCUT2D eigenvalue weighted by molar-refractivity contribution is -0.138. The van der Waals surface area contributed by atoms with Crippen molar-refractivity contribution in [3.63, 3.8) is 0 Å². The number of aromatic nitrogens is 2. The topological polar surface area (TPSA) is 64.6 Å². The second-order valence-corrected chi connectivity index (χ2v) is 7.25. The van der Waals surface area contributed by atoms with Crippen LogP contribution in [-0.4, -0.2) is 53.4 Å². The van der Waals surface area contributed by atoms with Crippen LogP contribution in [0.5, 0.6) is 0 Å². The van der Waals surface area contributed by atoms with Crippen LogP contribution in [0.1, 0.15) is 18.5 Å². The lowest BCUT2D eigenvalue weighted by Gasteiger charge is -2.34. The van der Waals surface area contributed by atoms with E-state index in [1.165, 1.54) is 11.3 Å². The van der Waals surface area contributed by atoms with Crippen LogP contribution in [0.25, 0.3) is 10.7 Å². The second-order valence-electron chi connectivity index (χ2n) is 6.39. The van der Waals surface area contributed by atoms with Gasteiger partial charge in [-0.15, -0.1) is 11.3 Å². The summed E-state index contributed by atoms with van der Waals surface area (Å²) in [4.78, 5) is 23.5. The molecular weight excluding hydrogens is 338 g/mol. The molecule has 0 radical (unpaired) electrons. The summed E-state index contributed by atoms with van der Waals surface area (Å²) in [5.41, 5.74) is 1.66. The van der Waals surface area contributed by atoms with E-state index in [9.17, 15) is 4.79 Å². The van der Waals surface area contributed by atoms with Gasteiger partial charge in [0.2, 0.25) is 5.91 Å². The van der Waals surface area contributed by atoms with Crippen LogP contribution in [0.15, 0.2) is 29.8 Å². The van der Waals surface area contributed by atoms with E-state index in [0.717, 1.165) is 35.8 Å². The molecule has 0 saturated carbocycles. The van der Waals surface area contributed by atoms with E-state index in [4.69, 9.17) is 9.47 Å². The van der Waals surface area contributed by atoms with Crippen LogP contribution < -0.4 is 0 Å². The Hall–Kier alpha value is -1.83. The number of pyridine rings is 1. The summed E-state index contributed by atoms with van der Waals surface area (Å²) in [6.45, 7) is 2.83. The van der Waals surface area contributed by atoms with Crippen molar-refractivity contribution in [2.24, 2.45) is 5.92 Å². The van der Waals surface area contributed by atoms with Gasteiger partial charge in [-0.25, -0.2) is 4.98 Å². The van der Waals surface area contributed by atoms with Crippen molar-refractivity contribution in [2.75, 3.05) is 26.3 Å². The molecule has 2 aliphatic rings. The normalized spacial score (nSPS) is 21.6. The van der Waals surface area contributed by atoms with Gasteiger partial charge in [0.15, 0.2) is 6.29 Å². The summed E-state index contributed by atoms with van der Waals surface area (Å²) >= 11 is 1.53. The number of rotatable bonds is 4. The van der Waals surface area contributed by atoms with Gasteiger partial charge in [0.25, 0.3) is 0 Å². The number of piperidine rings is 1. The molecule has 6 nitrogen and oxygen atoms in total. The minimum Gasteiger partial charge on any atom is -0.350 e. The zero-order chi connectivity index (χ0) is 17.1. The van der Waals surface area contributed by atoms with Gasteiger partial charge < -0.3 is 14.4 Å². The summed E-state index contributed by atoms with van der Waals surface area (Å²) in [5.74, 6) is 0.403. The molecule has 25 heavy (non-hydrogen) atoms. The number of hydrogen-bond donors (Lipinski definition) is 0. The van der Waals surface area contributed by atoms with Gasteiger partial charge in [0.05, 0.1) is 31.0 Å². The smallest absolute Gasteiger partial charge is 0.228 e. The highest BCUT2D eigenvalue weighted by molar-refractivity contribution is 7.13. The van der Waals surface area contributed by atoms with Crippen molar-refractivity contribution in [3.8, 4) is 10.7 Å². The lowest BCUT2D eigenvalue weighted by atomic mass is 9.97. The average Bonchev–Trinajstić information content (AvgIpc) is 3.35. The monoisotopic (exact) mass is 359 g/mol. The van der Waals surface area contributed by atoms with Gasteiger partial charge in [-0.05, 0) is 25.0 Å². The molecule has 2 aromatic heterocycles. The number of thiazole rings is 1. The number of carbonyl (C=O) groups excluding carboxylic acids is 1. The molecular formula is C18H21N3O3S. The van der Waals surface area contributed by atoms with Crippen LogP contribution in [0.3, 0.4) is 0 Å². The highest BCUT2D eigenvalue weighted by Crippen LogP contribution is 2.26. The van der Waals surface area contributed by atoms with Crippen molar-refractivity contribution in [3.05, 3.63) is 35.5 Å². The summed E-state index contributed by atoms with van der Waals surface area (Å²) in [6.07, 6.45) is 3.99. The van der Waals surface area contributed by atoms with E-state index in [-0.39, 0.29) is 18.1 Å². The van der Waals surface area contributed by atoms with Gasteiger partial charge in [-0.2, -0.15) is 0 Å². The molecule has 0 bridgehead atoms. The van der Waals surface area contributed by atoms with Crippen molar-refractivity contribution in [1.29, 1.82) is 0 Å². The predicted octanol–water partition coefficient (Wildman–Crippen LogP) is 2.36. The van der Waals surface area contributed by atoms with Gasteiger partial charge >= 0.3 is 0 Å². The molecule has 0 N–H and O–H groups in total. The highest BCUT2D eigenvalue weighted by atomic mass is 32.1. The summed E-state index contributed by atoms with van der Waals surface area (Å²) < 4.78 is 11.2. The van der Waals surface area contributed by atoms with Gasteiger partial charge in [0.1, 0.15) is 5.01 Å². The van der Waals surface area contributed by atoms with E-state index >= 15 is 0 Å². The molecule has 2 aliphatic heterocycles. The fourth-order valence-electron chi connectivity index (χ4n) is 3.37. The third-order valence-corrected chi connectivity index (χ3v) is 5.52. The number of amides is 1. The molecule has 132 valence electrons. The summed E-state index contributed by atoms with van der Waals surface area (Å²) in [5, 5.41) is 2.81. The summed E-state index contributed by atoms with van der Waals surface area (Å²) in [6, 6.07) is 5.75. The standard InChI is InChI=1S/C18H21N3O3S/c22-16(21-7-3-4-13(11-21)18-23-8-9-24-18)10-14-12-25-17(20-14)15-5-1-2-6-19-15/h1-2,5-6,12-13,18H,3-4,7-11H2. The molecule has 7 heteroatoms. The Morgan fingerprint density at radius 3 is 3.00 bits per heavy atom. The van der Waals surface area contributed by atoms with Crippen molar-refractivity contribution in [1.82, 2.24) is 14.9 Å². The molecule has 1 unspecified atom stereocenters. The fraction of sp³-hybridized carbons (Fsp3) is 0.500. The first-order valence-electron chi connectivity index (χ1n) is 8.66. The number of hydrogen-bond acceptors (Lipinski definition) is 6. The van der Waals surface area contributed by atoms with Crippen LogP contribution in [0.4, 0.5) is 0 Å². The number of nitrogens with zero attached hydrogens (tertiary/aromatic N) is 3. The minimum atomic E-state index is -0.148. The van der Waals surface area contributed by atoms with E-state index in [1.807, 2.05) is 28.5 Å². The Balaban J connectivity index is 1.37. The molecule has 2 saturated heterocycles. The second kappa shape index (κ2) is 7.59. The predicted molar refractivity (Wildman–Crippen MR) is 94.0 cm³/mol. The van der Waals surface area contributed by atoms with Crippen LogP contribution in [0, 0.1) is 5.92 Å². The molecule has 0 spiro atoms. The highest BCUT2D eigenvalue weighted by Gasteiger charge is 2.32. The number of likely N-dealkylation sites (tertiary alicyclic amines) is 1. The third-order valence-electron chi connectivity index (χ3n) is 4.61. The van der Waals surface area contributed by atoms with E-state index in [2.05, 4.69) is 9.97 Å². The van der Waals surface area contributed by atoms with Gasteiger partial charge in [-0.3, -0.25) is 9.78 Å². The van der Waals surface area contributed by atoms with Crippen molar-refractivity contribution in [2.45, 2.75) is 25.6 Å². The number of carbonyl (C=O) groups is 1. The van der Waals surface area contributed by atoms with Crippen molar-refractivity contribution >= 4 is 17.2 Å². The minimum absolute atomic E-state index is 0.126. The molecule has 4 heterocycles. The average molecular weight is 359 g/mol. The van der Waals surface area contributed by atoms with Crippen LogP contribution in [0.2, 0.25) is 0 Å². The molecule has 1 atom stereocenters.